The first-order chi connectivity index (χ1) is 9.03. The minimum absolute atomic E-state index is 0.128. The molecular weight excluding hydrogens is 286 g/mol. The molecule has 1 fully saturated rings. The molecule has 0 saturated carbocycles. The van der Waals surface area contributed by atoms with Crippen LogP contribution in [0.25, 0.3) is 0 Å². The Hall–Kier alpha value is -0.540. The van der Waals surface area contributed by atoms with Crippen molar-refractivity contribution < 1.29 is 13.5 Å². The van der Waals surface area contributed by atoms with Crippen molar-refractivity contribution in [2.24, 2.45) is 0 Å². The van der Waals surface area contributed by atoms with Gasteiger partial charge in [0, 0.05) is 18.0 Å². The van der Waals surface area contributed by atoms with Gasteiger partial charge in [-0.25, -0.2) is 4.98 Å². The van der Waals surface area contributed by atoms with Crippen LogP contribution in [0.4, 0.5) is 0 Å². The minimum atomic E-state index is -3.55. The quantitative estimate of drug-likeness (QED) is 0.836. The van der Waals surface area contributed by atoms with Crippen LogP contribution in [-0.4, -0.2) is 42.0 Å². The molecule has 1 aromatic heterocycles. The van der Waals surface area contributed by atoms with E-state index in [9.17, 15) is 13.5 Å². The fourth-order valence-electron chi connectivity index (χ4n) is 2.21. The van der Waals surface area contributed by atoms with E-state index in [0.717, 1.165) is 23.5 Å². The molecule has 1 atom stereocenters. The van der Waals surface area contributed by atoms with Gasteiger partial charge in [-0.15, -0.1) is 11.3 Å². The Morgan fingerprint density at radius 1 is 1.58 bits per heavy atom. The second kappa shape index (κ2) is 6.27. The number of nitrogens with one attached hydrogen (secondary N) is 1. The summed E-state index contributed by atoms with van der Waals surface area (Å²) in [6, 6.07) is -0.302. The van der Waals surface area contributed by atoms with E-state index in [2.05, 4.69) is 9.71 Å². The summed E-state index contributed by atoms with van der Waals surface area (Å²) in [5.41, 5.74) is 0.726. The van der Waals surface area contributed by atoms with E-state index in [1.807, 2.05) is 12.3 Å². The van der Waals surface area contributed by atoms with Gasteiger partial charge in [0.25, 0.3) is 10.2 Å². The van der Waals surface area contributed by atoms with E-state index >= 15 is 0 Å². The molecule has 108 valence electrons. The number of nitrogens with zero attached hydrogens (tertiary/aromatic N) is 2. The molecule has 6 nitrogen and oxygen atoms in total. The lowest BCUT2D eigenvalue weighted by atomic mass is 10.1. The Morgan fingerprint density at radius 2 is 2.37 bits per heavy atom. The zero-order valence-electron chi connectivity index (χ0n) is 10.9. The lowest BCUT2D eigenvalue weighted by Gasteiger charge is -2.33. The third kappa shape index (κ3) is 3.73. The molecule has 0 bridgehead atoms. The van der Waals surface area contributed by atoms with Crippen LogP contribution in [0.5, 0.6) is 0 Å². The summed E-state index contributed by atoms with van der Waals surface area (Å²) < 4.78 is 28.4. The van der Waals surface area contributed by atoms with Crippen molar-refractivity contribution in [2.45, 2.75) is 38.8 Å². The number of aromatic nitrogens is 1. The van der Waals surface area contributed by atoms with Gasteiger partial charge in [-0.05, 0) is 19.8 Å². The molecule has 1 aliphatic rings. The highest BCUT2D eigenvalue weighted by Gasteiger charge is 2.31. The van der Waals surface area contributed by atoms with Gasteiger partial charge in [0.05, 0.1) is 23.9 Å². The molecule has 1 unspecified atom stereocenters. The Morgan fingerprint density at radius 3 is 3.00 bits per heavy atom. The van der Waals surface area contributed by atoms with E-state index in [4.69, 9.17) is 0 Å². The summed E-state index contributed by atoms with van der Waals surface area (Å²) in [4.78, 5) is 4.22. The van der Waals surface area contributed by atoms with Gasteiger partial charge in [-0.1, -0.05) is 6.42 Å². The first-order valence-electron chi connectivity index (χ1n) is 6.31. The predicted molar refractivity (Wildman–Crippen MR) is 74.0 cm³/mol. The zero-order valence-corrected chi connectivity index (χ0v) is 12.5. The molecule has 2 rings (SSSR count). The van der Waals surface area contributed by atoms with Crippen molar-refractivity contribution in [3.63, 3.8) is 0 Å². The van der Waals surface area contributed by atoms with E-state index in [1.54, 1.807) is 0 Å². The van der Waals surface area contributed by atoms with Gasteiger partial charge in [0.15, 0.2) is 0 Å². The number of aliphatic hydroxyl groups excluding tert-OH is 1. The van der Waals surface area contributed by atoms with Crippen LogP contribution < -0.4 is 4.72 Å². The highest BCUT2D eigenvalue weighted by molar-refractivity contribution is 7.87. The fourth-order valence-corrected chi connectivity index (χ4v) is 4.25. The van der Waals surface area contributed by atoms with Crippen molar-refractivity contribution in [3.05, 3.63) is 16.1 Å². The number of aliphatic hydroxyl groups is 1. The van der Waals surface area contributed by atoms with Crippen LogP contribution in [0, 0.1) is 6.92 Å². The first-order valence-corrected chi connectivity index (χ1v) is 8.63. The molecular formula is C11H19N3O3S2. The van der Waals surface area contributed by atoms with Crippen molar-refractivity contribution in [2.75, 3.05) is 13.2 Å². The standard InChI is InChI=1S/C11H19N3O3S2/c1-9-13-10(8-18-9)6-12-19(16,17)14-5-3-2-4-11(14)7-15/h8,11-12,15H,2-7H2,1H3. The lowest BCUT2D eigenvalue weighted by molar-refractivity contribution is 0.154. The maximum atomic E-state index is 12.2. The van der Waals surface area contributed by atoms with Gasteiger partial charge in [0.2, 0.25) is 0 Å². The number of hydrogen-bond acceptors (Lipinski definition) is 5. The maximum Gasteiger partial charge on any atom is 0.280 e. The van der Waals surface area contributed by atoms with Crippen molar-refractivity contribution in [1.82, 2.24) is 14.0 Å². The number of rotatable bonds is 5. The molecule has 1 aromatic rings. The largest absolute Gasteiger partial charge is 0.395 e. The predicted octanol–water partition coefficient (Wildman–Crippen LogP) is 0.633. The third-order valence-electron chi connectivity index (χ3n) is 3.19. The van der Waals surface area contributed by atoms with E-state index < -0.39 is 10.2 Å². The maximum absolute atomic E-state index is 12.2. The van der Waals surface area contributed by atoms with E-state index in [-0.39, 0.29) is 19.2 Å². The van der Waals surface area contributed by atoms with Crippen LogP contribution >= 0.6 is 11.3 Å². The van der Waals surface area contributed by atoms with Crippen LogP contribution in [0.15, 0.2) is 5.38 Å². The molecule has 8 heteroatoms. The Bertz CT molecular complexity index is 515. The molecule has 1 saturated heterocycles. The zero-order chi connectivity index (χ0) is 13.9. The molecule has 0 aromatic carbocycles. The molecule has 0 amide bonds. The number of hydrogen-bond donors (Lipinski definition) is 2. The molecule has 2 heterocycles. The van der Waals surface area contributed by atoms with Crippen molar-refractivity contribution in [3.8, 4) is 0 Å². The van der Waals surface area contributed by atoms with Crippen LogP contribution in [-0.2, 0) is 16.8 Å². The summed E-state index contributed by atoms with van der Waals surface area (Å²) in [5, 5.41) is 12.0. The Labute approximate surface area is 117 Å². The average molecular weight is 305 g/mol. The molecule has 0 aliphatic carbocycles. The topological polar surface area (TPSA) is 82.5 Å². The van der Waals surface area contributed by atoms with Gasteiger partial charge >= 0.3 is 0 Å². The average Bonchev–Trinajstić information content (AvgIpc) is 2.82. The number of aryl methyl sites for hydroxylation is 1. The van der Waals surface area contributed by atoms with Gasteiger partial charge in [0.1, 0.15) is 0 Å². The lowest BCUT2D eigenvalue weighted by Crippen LogP contribution is -2.50. The van der Waals surface area contributed by atoms with Crippen LogP contribution in [0.2, 0.25) is 0 Å². The summed E-state index contributed by atoms with van der Waals surface area (Å²) in [7, 11) is -3.55. The SMILES string of the molecule is Cc1nc(CNS(=O)(=O)N2CCCCC2CO)cs1. The third-order valence-corrected chi connectivity index (χ3v) is 5.62. The fraction of sp³-hybridized carbons (Fsp3) is 0.727. The Kier molecular flexibility index (Phi) is 4.91. The van der Waals surface area contributed by atoms with Crippen molar-refractivity contribution >= 4 is 21.5 Å². The normalized spacial score (nSPS) is 21.7. The van der Waals surface area contributed by atoms with E-state index in [0.29, 0.717) is 13.0 Å². The molecule has 0 radical (unpaired) electrons. The molecule has 1 aliphatic heterocycles. The van der Waals surface area contributed by atoms with Gasteiger partial charge in [-0.3, -0.25) is 0 Å². The smallest absolute Gasteiger partial charge is 0.280 e. The highest BCUT2D eigenvalue weighted by atomic mass is 32.2. The molecule has 19 heavy (non-hydrogen) atoms. The minimum Gasteiger partial charge on any atom is -0.395 e. The monoisotopic (exact) mass is 305 g/mol. The molecule has 0 spiro atoms. The first kappa shape index (κ1) is 14.9. The van der Waals surface area contributed by atoms with Crippen LogP contribution in [0.1, 0.15) is 30.0 Å². The highest BCUT2D eigenvalue weighted by Crippen LogP contribution is 2.19. The summed E-state index contributed by atoms with van der Waals surface area (Å²) in [6.07, 6.45) is 2.52. The van der Waals surface area contributed by atoms with Gasteiger partial charge < -0.3 is 5.11 Å². The van der Waals surface area contributed by atoms with Crippen LogP contribution in [0.3, 0.4) is 0 Å². The second-order valence-electron chi connectivity index (χ2n) is 4.63. The van der Waals surface area contributed by atoms with E-state index in [1.165, 1.54) is 15.6 Å². The summed E-state index contributed by atoms with van der Waals surface area (Å²) in [5.74, 6) is 0. The number of piperidine rings is 1. The number of thiazole rings is 1. The summed E-state index contributed by atoms with van der Waals surface area (Å²) >= 11 is 1.50. The van der Waals surface area contributed by atoms with Crippen molar-refractivity contribution in [1.29, 1.82) is 0 Å². The molecule has 2 N–H and O–H groups in total. The second-order valence-corrected chi connectivity index (χ2v) is 7.40. The summed E-state index contributed by atoms with van der Waals surface area (Å²) in [6.45, 7) is 2.42. The van der Waals surface area contributed by atoms with Gasteiger partial charge in [-0.2, -0.15) is 17.4 Å². The Balaban J connectivity index is 2.00.